The van der Waals surface area contributed by atoms with Gasteiger partial charge in [-0.2, -0.15) is 13.2 Å². The molecule has 2 fully saturated rings. The van der Waals surface area contributed by atoms with Crippen LogP contribution in [0.25, 0.3) is 0 Å². The van der Waals surface area contributed by atoms with Crippen LogP contribution in [-0.2, 0) is 16.1 Å². The second-order valence-electron chi connectivity index (χ2n) is 8.52. The summed E-state index contributed by atoms with van der Waals surface area (Å²) in [5.41, 5.74) is 2.45. The van der Waals surface area contributed by atoms with Crippen LogP contribution in [0.1, 0.15) is 33.8 Å². The number of nitrogens with zero attached hydrogens (tertiary/aromatic N) is 2. The fraction of sp³-hybridized carbons (Fsp3) is 0.417. The van der Waals surface area contributed by atoms with Crippen LogP contribution in [0.5, 0.6) is 0 Å². The van der Waals surface area contributed by atoms with E-state index >= 15 is 0 Å². The molecule has 1 aliphatic heterocycles. The first-order chi connectivity index (χ1) is 15.3. The first-order valence-corrected chi connectivity index (χ1v) is 10.6. The molecule has 32 heavy (non-hydrogen) atoms. The van der Waals surface area contributed by atoms with E-state index in [1.807, 2.05) is 42.5 Å². The van der Waals surface area contributed by atoms with Crippen LogP contribution < -0.4 is 0 Å². The zero-order valence-electron chi connectivity index (χ0n) is 17.7. The molecule has 1 aliphatic carbocycles. The van der Waals surface area contributed by atoms with Gasteiger partial charge < -0.3 is 9.64 Å². The van der Waals surface area contributed by atoms with Gasteiger partial charge in [0.1, 0.15) is 0 Å². The minimum absolute atomic E-state index is 0.00710. The number of alkyl halides is 3. The molecule has 2 atom stereocenters. The summed E-state index contributed by atoms with van der Waals surface area (Å²) in [6, 6.07) is 16.1. The molecule has 0 bridgehead atoms. The maximum Gasteiger partial charge on any atom is 0.471 e. The van der Waals surface area contributed by atoms with Crippen LogP contribution in [0, 0.1) is 5.92 Å². The summed E-state index contributed by atoms with van der Waals surface area (Å²) in [7, 11) is 1.33. The predicted octanol–water partition coefficient (Wildman–Crippen LogP) is 3.85. The van der Waals surface area contributed by atoms with Crippen molar-refractivity contribution in [2.75, 3.05) is 26.7 Å². The van der Waals surface area contributed by atoms with Crippen LogP contribution in [0.15, 0.2) is 54.6 Å². The summed E-state index contributed by atoms with van der Waals surface area (Å²) in [6.07, 6.45) is -4.30. The molecular weight excluding hydrogens is 421 g/mol. The number of hydrogen-bond acceptors (Lipinski definition) is 4. The molecular formula is C24H25F3N2O3. The molecule has 1 heterocycles. The number of rotatable bonds is 7. The number of ether oxygens (including phenoxy) is 1. The quantitative estimate of drug-likeness (QED) is 0.607. The third kappa shape index (κ3) is 4.96. The maximum absolute atomic E-state index is 13.2. The molecule has 2 aromatic carbocycles. The highest BCUT2D eigenvalue weighted by atomic mass is 19.4. The monoisotopic (exact) mass is 446 g/mol. The highest BCUT2D eigenvalue weighted by Gasteiger charge is 2.52. The second-order valence-corrected chi connectivity index (χ2v) is 8.52. The zero-order valence-corrected chi connectivity index (χ0v) is 17.7. The predicted molar refractivity (Wildman–Crippen MR) is 112 cm³/mol. The lowest BCUT2D eigenvalue weighted by atomic mass is 9.97. The Labute approximate surface area is 184 Å². The van der Waals surface area contributed by atoms with Gasteiger partial charge in [-0.05, 0) is 29.7 Å². The number of benzene rings is 2. The van der Waals surface area contributed by atoms with E-state index in [0.717, 1.165) is 16.0 Å². The Hall–Kier alpha value is -2.87. The lowest BCUT2D eigenvalue weighted by Gasteiger charge is -2.42. The van der Waals surface area contributed by atoms with Crippen molar-refractivity contribution in [1.82, 2.24) is 9.80 Å². The van der Waals surface area contributed by atoms with E-state index < -0.39 is 24.1 Å². The largest absolute Gasteiger partial charge is 0.471 e. The highest BCUT2D eigenvalue weighted by molar-refractivity contribution is 5.89. The van der Waals surface area contributed by atoms with Crippen molar-refractivity contribution in [1.29, 1.82) is 0 Å². The summed E-state index contributed by atoms with van der Waals surface area (Å²) >= 11 is 0. The first kappa shape index (κ1) is 22.3. The van der Waals surface area contributed by atoms with E-state index in [4.69, 9.17) is 0 Å². The molecule has 0 N–H and O–H groups in total. The summed E-state index contributed by atoms with van der Waals surface area (Å²) < 4.78 is 44.4. The number of likely N-dealkylation sites (tertiary alicyclic amines) is 1. The number of carbonyl (C=O) groups is 2. The molecule has 0 aromatic heterocycles. The van der Waals surface area contributed by atoms with Gasteiger partial charge in [-0.1, -0.05) is 42.5 Å². The Kier molecular flexibility index (Phi) is 6.24. The smallest absolute Gasteiger partial charge is 0.465 e. The number of amides is 1. The Morgan fingerprint density at radius 1 is 1.06 bits per heavy atom. The lowest BCUT2D eigenvalue weighted by Crippen LogP contribution is -2.54. The minimum atomic E-state index is -4.87. The molecule has 2 aromatic rings. The van der Waals surface area contributed by atoms with Crippen molar-refractivity contribution >= 4 is 11.9 Å². The van der Waals surface area contributed by atoms with E-state index in [-0.39, 0.29) is 18.4 Å². The van der Waals surface area contributed by atoms with Gasteiger partial charge in [-0.15, -0.1) is 0 Å². The maximum atomic E-state index is 13.2. The summed E-state index contributed by atoms with van der Waals surface area (Å²) in [5, 5.41) is 0. The topological polar surface area (TPSA) is 49.9 Å². The Morgan fingerprint density at radius 3 is 2.31 bits per heavy atom. The normalized spacial score (nSPS) is 21.0. The molecule has 170 valence electrons. The molecule has 0 radical (unpaired) electrons. The highest BCUT2D eigenvalue weighted by Crippen LogP contribution is 2.46. The third-order valence-corrected chi connectivity index (χ3v) is 6.16. The van der Waals surface area contributed by atoms with Gasteiger partial charge >= 0.3 is 18.1 Å². The molecule has 4 rings (SSSR count). The molecule has 1 amide bonds. The molecule has 1 saturated carbocycles. The Bertz CT molecular complexity index is 957. The number of carbonyl (C=O) groups excluding carboxylic acids is 2. The van der Waals surface area contributed by atoms with E-state index in [9.17, 15) is 22.8 Å². The van der Waals surface area contributed by atoms with Gasteiger partial charge in [0.05, 0.1) is 12.7 Å². The van der Waals surface area contributed by atoms with E-state index in [1.54, 1.807) is 12.1 Å². The van der Waals surface area contributed by atoms with E-state index in [0.29, 0.717) is 31.6 Å². The standard InChI is InChI=1S/C24H25F3N2O3/c1-32-22(30)19-9-7-16(8-10-19)12-28-13-17(14-28)15-29(23(31)24(25,26)27)21-11-20(21)18-5-3-2-4-6-18/h2-10,17,20-21H,11-15H2,1H3. The first-order valence-electron chi connectivity index (χ1n) is 10.6. The molecule has 2 aliphatic rings. The molecule has 2 unspecified atom stereocenters. The van der Waals surface area contributed by atoms with Crippen LogP contribution >= 0.6 is 0 Å². The van der Waals surface area contributed by atoms with E-state index in [1.165, 1.54) is 7.11 Å². The average Bonchev–Trinajstić information content (AvgIpc) is 3.55. The summed E-state index contributed by atoms with van der Waals surface area (Å²) in [4.78, 5) is 26.8. The minimum Gasteiger partial charge on any atom is -0.465 e. The lowest BCUT2D eigenvalue weighted by molar-refractivity contribution is -0.187. The molecule has 1 saturated heterocycles. The van der Waals surface area contributed by atoms with Crippen molar-refractivity contribution in [2.45, 2.75) is 31.1 Å². The van der Waals surface area contributed by atoms with Gasteiger partial charge in [-0.25, -0.2) is 4.79 Å². The Morgan fingerprint density at radius 2 is 1.72 bits per heavy atom. The van der Waals surface area contributed by atoms with Crippen molar-refractivity contribution in [3.8, 4) is 0 Å². The molecule has 8 heteroatoms. The van der Waals surface area contributed by atoms with Gasteiger partial charge in [0.2, 0.25) is 0 Å². The van der Waals surface area contributed by atoms with Gasteiger partial charge in [0, 0.05) is 44.1 Å². The summed E-state index contributed by atoms with van der Waals surface area (Å²) in [5.74, 6) is -2.17. The number of halogens is 3. The fourth-order valence-electron chi connectivity index (χ4n) is 4.44. The molecule has 5 nitrogen and oxygen atoms in total. The zero-order chi connectivity index (χ0) is 22.9. The average molecular weight is 446 g/mol. The second kappa shape index (κ2) is 8.94. The van der Waals surface area contributed by atoms with Crippen molar-refractivity contribution in [3.63, 3.8) is 0 Å². The van der Waals surface area contributed by atoms with Gasteiger partial charge in [0.25, 0.3) is 0 Å². The van der Waals surface area contributed by atoms with E-state index in [2.05, 4.69) is 9.64 Å². The molecule has 0 spiro atoms. The van der Waals surface area contributed by atoms with Crippen LogP contribution in [0.3, 0.4) is 0 Å². The fourth-order valence-corrected chi connectivity index (χ4v) is 4.44. The van der Waals surface area contributed by atoms with Crippen molar-refractivity contribution < 1.29 is 27.5 Å². The third-order valence-electron chi connectivity index (χ3n) is 6.16. The SMILES string of the molecule is COC(=O)c1ccc(CN2CC(CN(C(=O)C(F)(F)F)C3CC3c3ccccc3)C2)cc1. The summed E-state index contributed by atoms with van der Waals surface area (Å²) in [6.45, 7) is 2.01. The van der Waals surface area contributed by atoms with Gasteiger partial charge in [-0.3, -0.25) is 9.69 Å². The van der Waals surface area contributed by atoms with Crippen LogP contribution in [0.2, 0.25) is 0 Å². The van der Waals surface area contributed by atoms with Gasteiger partial charge in [0.15, 0.2) is 0 Å². The number of hydrogen-bond donors (Lipinski definition) is 0. The Balaban J connectivity index is 1.33. The number of esters is 1. The van der Waals surface area contributed by atoms with Crippen LogP contribution in [0.4, 0.5) is 13.2 Å². The van der Waals surface area contributed by atoms with Crippen molar-refractivity contribution in [3.05, 3.63) is 71.3 Å². The number of methoxy groups -OCH3 is 1. The van der Waals surface area contributed by atoms with Crippen LogP contribution in [-0.4, -0.2) is 60.6 Å². The van der Waals surface area contributed by atoms with Crippen molar-refractivity contribution in [2.24, 2.45) is 5.92 Å².